The number of anilines is 1. The molecule has 8 N–H and O–H groups in total. The first kappa shape index (κ1) is 42.2. The van der Waals surface area contributed by atoms with Crippen molar-refractivity contribution in [1.82, 2.24) is 25.9 Å². The Morgan fingerprint density at radius 2 is 1.60 bits per heavy atom. The van der Waals surface area contributed by atoms with E-state index in [1.54, 1.807) is 26.0 Å². The first-order valence-corrected chi connectivity index (χ1v) is 19.7. The van der Waals surface area contributed by atoms with Crippen LogP contribution in [0.25, 0.3) is 22.5 Å². The zero-order valence-electron chi connectivity index (χ0n) is 33.3. The van der Waals surface area contributed by atoms with Crippen LogP contribution in [0.5, 0.6) is 0 Å². The molecule has 0 saturated heterocycles. The fraction of sp³-hybridized carbons (Fsp3) is 0.386. The molecular weight excluding hydrogens is 721 g/mol. The average molecular weight is 775 g/mol. The lowest BCUT2D eigenvalue weighted by Crippen LogP contribution is -2.49. The van der Waals surface area contributed by atoms with Gasteiger partial charge in [-0.05, 0) is 80.5 Å². The van der Waals surface area contributed by atoms with Gasteiger partial charge >= 0.3 is 0 Å². The van der Waals surface area contributed by atoms with E-state index in [1.165, 1.54) is 31.2 Å². The zero-order chi connectivity index (χ0) is 41.1. The average Bonchev–Trinajstić information content (AvgIpc) is 3.17. The summed E-state index contributed by atoms with van der Waals surface area (Å²) in [6.45, 7) is 7.35. The SMILES string of the molecule is CCCCCCCc1ccc(-c2nc(C)c(C(=O)N[C@@H](CCN)C(=O)Nc3c(C)cc4cc3-c3cccc(c3)CC(=O)NCC(=O)NC(C(N)=O)C4)c(C)n2)cc1. The Kier molecular flexibility index (Phi) is 14.6. The summed E-state index contributed by atoms with van der Waals surface area (Å²) in [5.41, 5.74) is 18.8. The Balaban J connectivity index is 1.38. The van der Waals surface area contributed by atoms with E-state index in [9.17, 15) is 24.0 Å². The van der Waals surface area contributed by atoms with Gasteiger partial charge in [0.25, 0.3) is 5.91 Å². The third-order valence-corrected chi connectivity index (χ3v) is 10.2. The molecule has 0 fully saturated rings. The molecule has 2 heterocycles. The second-order valence-corrected chi connectivity index (χ2v) is 14.8. The molecule has 3 aromatic carbocycles. The number of nitrogens with two attached hydrogens (primary N) is 2. The molecule has 1 aliphatic heterocycles. The Morgan fingerprint density at radius 1 is 0.877 bits per heavy atom. The number of carbonyl (C=O) groups excluding carboxylic acids is 5. The van der Waals surface area contributed by atoms with E-state index in [-0.39, 0.29) is 43.8 Å². The number of nitrogens with one attached hydrogen (secondary N) is 4. The van der Waals surface area contributed by atoms with Crippen LogP contribution in [0.1, 0.15) is 89.4 Å². The van der Waals surface area contributed by atoms with Gasteiger partial charge in [-0.1, -0.05) is 87.2 Å². The van der Waals surface area contributed by atoms with Gasteiger partial charge in [0.2, 0.25) is 23.6 Å². The van der Waals surface area contributed by atoms with E-state index in [0.29, 0.717) is 50.7 Å². The number of aryl methyl sites for hydroxylation is 4. The highest BCUT2D eigenvalue weighted by atomic mass is 16.2. The highest BCUT2D eigenvalue weighted by molar-refractivity contribution is 6.04. The lowest BCUT2D eigenvalue weighted by Gasteiger charge is -2.23. The molecule has 0 radical (unpaired) electrons. The highest BCUT2D eigenvalue weighted by Crippen LogP contribution is 2.34. The van der Waals surface area contributed by atoms with Crippen molar-refractivity contribution in [3.63, 3.8) is 0 Å². The lowest BCUT2D eigenvalue weighted by atomic mass is 9.93. The Labute approximate surface area is 334 Å². The van der Waals surface area contributed by atoms with Crippen molar-refractivity contribution in [1.29, 1.82) is 0 Å². The van der Waals surface area contributed by atoms with E-state index in [4.69, 9.17) is 11.5 Å². The van der Waals surface area contributed by atoms with Crippen molar-refractivity contribution in [2.75, 3.05) is 18.4 Å². The van der Waals surface area contributed by atoms with Crippen LogP contribution in [0.2, 0.25) is 0 Å². The minimum atomic E-state index is -1.04. The zero-order valence-corrected chi connectivity index (χ0v) is 33.3. The molecule has 57 heavy (non-hydrogen) atoms. The molecular formula is C44H54N8O5. The van der Waals surface area contributed by atoms with Crippen molar-refractivity contribution in [2.24, 2.45) is 11.5 Å². The summed E-state index contributed by atoms with van der Waals surface area (Å²) in [5.74, 6) is -2.13. The van der Waals surface area contributed by atoms with Crippen molar-refractivity contribution in [2.45, 2.75) is 97.6 Å². The number of benzene rings is 3. The van der Waals surface area contributed by atoms with Gasteiger partial charge in [-0.25, -0.2) is 9.97 Å². The quantitative estimate of drug-likeness (QED) is 0.100. The van der Waals surface area contributed by atoms with Crippen molar-refractivity contribution in [3.05, 3.63) is 99.9 Å². The molecule has 5 amide bonds. The molecule has 4 aromatic rings. The van der Waals surface area contributed by atoms with Gasteiger partial charge in [-0.15, -0.1) is 0 Å². The van der Waals surface area contributed by atoms with Gasteiger partial charge in [0.1, 0.15) is 12.1 Å². The molecule has 0 aliphatic carbocycles. The second-order valence-electron chi connectivity index (χ2n) is 14.8. The summed E-state index contributed by atoms with van der Waals surface area (Å²) in [5, 5.41) is 11.1. The van der Waals surface area contributed by atoms with Crippen molar-refractivity contribution in [3.8, 4) is 22.5 Å². The van der Waals surface area contributed by atoms with E-state index >= 15 is 0 Å². The molecule has 5 rings (SSSR count). The number of primary amides is 1. The monoisotopic (exact) mass is 774 g/mol. The summed E-state index contributed by atoms with van der Waals surface area (Å²) in [4.78, 5) is 74.9. The van der Waals surface area contributed by atoms with E-state index in [0.717, 1.165) is 18.4 Å². The van der Waals surface area contributed by atoms with Crippen molar-refractivity contribution < 1.29 is 24.0 Å². The maximum absolute atomic E-state index is 14.1. The van der Waals surface area contributed by atoms with E-state index in [2.05, 4.69) is 50.3 Å². The minimum Gasteiger partial charge on any atom is -0.368 e. The van der Waals surface area contributed by atoms with Crippen LogP contribution < -0.4 is 32.7 Å². The van der Waals surface area contributed by atoms with Gasteiger partial charge in [-0.3, -0.25) is 24.0 Å². The van der Waals surface area contributed by atoms with Gasteiger partial charge in [0, 0.05) is 17.5 Å². The predicted octanol–water partition coefficient (Wildman–Crippen LogP) is 4.52. The lowest BCUT2D eigenvalue weighted by molar-refractivity contribution is -0.128. The molecule has 0 spiro atoms. The molecule has 1 aliphatic rings. The van der Waals surface area contributed by atoms with Gasteiger partial charge < -0.3 is 32.7 Å². The normalized spacial score (nSPS) is 14.8. The van der Waals surface area contributed by atoms with Crippen LogP contribution in [-0.2, 0) is 38.4 Å². The Hall–Kier alpha value is -5.95. The standard InChI is InChI=1S/C44H54N8O5/c1-5-6-7-8-9-11-29-14-16-32(17-15-29)42-48-27(3)39(28(4)49-42)44(57)51-35(18-19-45)43(56)52-40-26(2)20-31-22-34(40)33-13-10-12-30(21-33)24-37(53)47-25-38(54)50-36(23-31)41(46)55/h10,12-17,20-22,35-36H,5-9,11,18-19,23-25,45H2,1-4H3,(H2,46,55)(H,47,53)(H,50,54)(H,51,57)(H,52,56)/t35-,36?/m0/s1. The number of carbonyl (C=O) groups is 5. The first-order valence-electron chi connectivity index (χ1n) is 19.7. The number of nitrogens with zero attached hydrogens (tertiary/aromatic N) is 2. The number of hydrogen-bond donors (Lipinski definition) is 6. The molecule has 2 atom stereocenters. The highest BCUT2D eigenvalue weighted by Gasteiger charge is 2.27. The maximum Gasteiger partial charge on any atom is 0.255 e. The second kappa shape index (κ2) is 19.8. The number of amides is 5. The third-order valence-electron chi connectivity index (χ3n) is 10.2. The number of unbranched alkanes of at least 4 members (excludes halogenated alkanes) is 4. The third kappa shape index (κ3) is 11.3. The number of hydrogen-bond acceptors (Lipinski definition) is 8. The van der Waals surface area contributed by atoms with E-state index in [1.807, 2.05) is 43.3 Å². The van der Waals surface area contributed by atoms with Gasteiger partial charge in [-0.2, -0.15) is 0 Å². The van der Waals surface area contributed by atoms with E-state index < -0.39 is 35.7 Å². The fourth-order valence-electron chi connectivity index (χ4n) is 7.16. The molecule has 4 bridgehead atoms. The molecule has 300 valence electrons. The summed E-state index contributed by atoms with van der Waals surface area (Å²) in [6.07, 6.45) is 7.38. The van der Waals surface area contributed by atoms with Crippen molar-refractivity contribution >= 4 is 35.2 Å². The smallest absolute Gasteiger partial charge is 0.255 e. The van der Waals surface area contributed by atoms with Crippen LogP contribution >= 0.6 is 0 Å². The van der Waals surface area contributed by atoms with Crippen LogP contribution in [0.4, 0.5) is 5.69 Å². The predicted molar refractivity (Wildman–Crippen MR) is 221 cm³/mol. The van der Waals surface area contributed by atoms with Crippen LogP contribution in [0, 0.1) is 20.8 Å². The Morgan fingerprint density at radius 3 is 2.28 bits per heavy atom. The summed E-state index contributed by atoms with van der Waals surface area (Å²) in [6, 6.07) is 17.1. The number of fused-ring (bicyclic) bond motifs is 5. The maximum atomic E-state index is 14.1. The Bertz CT molecular complexity index is 2090. The molecule has 13 heteroatoms. The minimum absolute atomic E-state index is 0.000397. The fourth-order valence-corrected chi connectivity index (χ4v) is 7.16. The molecule has 13 nitrogen and oxygen atoms in total. The van der Waals surface area contributed by atoms with Gasteiger partial charge in [0.05, 0.1) is 35.6 Å². The molecule has 1 aromatic heterocycles. The van der Waals surface area contributed by atoms with Gasteiger partial charge in [0.15, 0.2) is 5.82 Å². The van der Waals surface area contributed by atoms with Crippen LogP contribution in [0.15, 0.2) is 60.7 Å². The molecule has 1 unspecified atom stereocenters. The summed E-state index contributed by atoms with van der Waals surface area (Å²) < 4.78 is 0. The number of rotatable bonds is 14. The first-order chi connectivity index (χ1) is 27.4. The molecule has 0 saturated carbocycles. The largest absolute Gasteiger partial charge is 0.368 e. The number of aromatic nitrogens is 2. The summed E-state index contributed by atoms with van der Waals surface area (Å²) in [7, 11) is 0. The summed E-state index contributed by atoms with van der Waals surface area (Å²) >= 11 is 0. The topological polar surface area (TPSA) is 211 Å². The van der Waals surface area contributed by atoms with Crippen LogP contribution in [0.3, 0.4) is 0 Å². The van der Waals surface area contributed by atoms with Crippen LogP contribution in [-0.4, -0.2) is 64.7 Å².